The Balaban J connectivity index is 2.66. The molecule has 2 aliphatic carbocycles. The minimum atomic E-state index is 0.450. The van der Waals surface area contributed by atoms with E-state index in [0.29, 0.717) is 16.2 Å². The highest BCUT2D eigenvalue weighted by Gasteiger charge is 2.65. The van der Waals surface area contributed by atoms with Gasteiger partial charge in [0.1, 0.15) is 0 Å². The summed E-state index contributed by atoms with van der Waals surface area (Å²) in [5.41, 5.74) is 4.73. The van der Waals surface area contributed by atoms with E-state index < -0.39 is 0 Å². The van der Waals surface area contributed by atoms with Gasteiger partial charge in [-0.2, -0.15) is 0 Å². The first-order valence-electron chi connectivity index (χ1n) is 5.86. The highest BCUT2D eigenvalue weighted by Crippen LogP contribution is 2.73. The van der Waals surface area contributed by atoms with Gasteiger partial charge in [-0.15, -0.1) is 0 Å². The molecule has 0 aliphatic heterocycles. The average molecular weight is 192 g/mol. The van der Waals surface area contributed by atoms with Crippen LogP contribution in [-0.2, 0) is 0 Å². The van der Waals surface area contributed by atoms with Gasteiger partial charge in [0.25, 0.3) is 0 Å². The number of hydrogen-bond donors (Lipinski definition) is 0. The largest absolute Gasteiger partial charge is 0.0676 e. The Morgan fingerprint density at radius 1 is 1.00 bits per heavy atom. The summed E-state index contributed by atoms with van der Waals surface area (Å²) in [6, 6.07) is 0. The molecule has 3 atom stereocenters. The van der Waals surface area contributed by atoms with Crippen LogP contribution in [0.15, 0.2) is 11.1 Å². The fraction of sp³-hybridized carbons (Fsp3) is 0.857. The van der Waals surface area contributed by atoms with Gasteiger partial charge in [0.2, 0.25) is 0 Å². The Bertz CT molecular complexity index is 321. The fourth-order valence-electron chi connectivity index (χ4n) is 4.30. The first-order chi connectivity index (χ1) is 6.18. The lowest BCUT2D eigenvalue weighted by Gasteiger charge is -2.46. The molecule has 3 unspecified atom stereocenters. The van der Waals surface area contributed by atoms with E-state index in [1.165, 1.54) is 6.42 Å². The molecule has 0 aromatic rings. The highest BCUT2D eigenvalue weighted by atomic mass is 14.7. The highest BCUT2D eigenvalue weighted by molar-refractivity contribution is 5.40. The van der Waals surface area contributed by atoms with Crippen LogP contribution in [0.5, 0.6) is 0 Å². The first kappa shape index (κ1) is 10.3. The third-order valence-corrected chi connectivity index (χ3v) is 6.43. The molecule has 2 aliphatic rings. The molecular weight excluding hydrogens is 168 g/mol. The molecule has 0 radical (unpaired) electrons. The maximum Gasteiger partial charge on any atom is -0.00540 e. The summed E-state index contributed by atoms with van der Waals surface area (Å²) in [5.74, 6) is 0.809. The summed E-state index contributed by atoms with van der Waals surface area (Å²) in [6.45, 7) is 17.0. The van der Waals surface area contributed by atoms with Gasteiger partial charge in [0.05, 0.1) is 0 Å². The average Bonchev–Trinajstić information content (AvgIpc) is 2.35. The first-order valence-corrected chi connectivity index (χ1v) is 5.86. The Morgan fingerprint density at radius 3 is 1.86 bits per heavy atom. The summed E-state index contributed by atoms with van der Waals surface area (Å²) < 4.78 is 0. The van der Waals surface area contributed by atoms with E-state index in [4.69, 9.17) is 0 Å². The van der Waals surface area contributed by atoms with Crippen LogP contribution in [0.2, 0.25) is 0 Å². The van der Waals surface area contributed by atoms with Gasteiger partial charge >= 0.3 is 0 Å². The normalized spacial score (nSPS) is 50.4. The van der Waals surface area contributed by atoms with Gasteiger partial charge in [0.15, 0.2) is 0 Å². The topological polar surface area (TPSA) is 0 Å². The van der Waals surface area contributed by atoms with Gasteiger partial charge in [0, 0.05) is 0 Å². The zero-order valence-electron chi connectivity index (χ0n) is 10.8. The zero-order valence-corrected chi connectivity index (χ0v) is 10.8. The van der Waals surface area contributed by atoms with Crippen molar-refractivity contribution in [1.29, 1.82) is 0 Å². The minimum absolute atomic E-state index is 0.450. The van der Waals surface area contributed by atoms with E-state index in [1.807, 2.05) is 0 Å². The third-order valence-electron chi connectivity index (χ3n) is 6.43. The number of allylic oxidation sites excluding steroid dienone is 2. The van der Waals surface area contributed by atoms with E-state index in [2.05, 4.69) is 48.5 Å². The Hall–Kier alpha value is -0.260. The molecule has 0 aromatic carbocycles. The van der Waals surface area contributed by atoms with Gasteiger partial charge in [-0.1, -0.05) is 45.8 Å². The maximum absolute atomic E-state index is 2.47. The summed E-state index contributed by atoms with van der Waals surface area (Å²) in [6.07, 6.45) is 1.37. The Kier molecular flexibility index (Phi) is 1.67. The molecular formula is C14H24. The van der Waals surface area contributed by atoms with Crippen molar-refractivity contribution in [3.8, 4) is 0 Å². The Labute approximate surface area is 88.8 Å². The van der Waals surface area contributed by atoms with E-state index in [9.17, 15) is 0 Å². The molecule has 0 heterocycles. The summed E-state index contributed by atoms with van der Waals surface area (Å²) >= 11 is 0. The third kappa shape index (κ3) is 0.741. The van der Waals surface area contributed by atoms with Crippen LogP contribution < -0.4 is 0 Å². The molecule has 0 N–H and O–H groups in total. The fourth-order valence-corrected chi connectivity index (χ4v) is 4.30. The lowest BCUT2D eigenvalue weighted by Crippen LogP contribution is -2.39. The summed E-state index contributed by atoms with van der Waals surface area (Å²) in [5, 5.41) is 0. The molecule has 0 heteroatoms. The molecule has 1 saturated carbocycles. The van der Waals surface area contributed by atoms with Gasteiger partial charge < -0.3 is 0 Å². The van der Waals surface area contributed by atoms with Crippen molar-refractivity contribution >= 4 is 0 Å². The van der Waals surface area contributed by atoms with Crippen LogP contribution in [0, 0.1) is 22.2 Å². The lowest BCUT2D eigenvalue weighted by molar-refractivity contribution is 0.103. The molecule has 0 amide bonds. The van der Waals surface area contributed by atoms with Crippen LogP contribution in [0.3, 0.4) is 0 Å². The van der Waals surface area contributed by atoms with Crippen molar-refractivity contribution in [3.05, 3.63) is 11.1 Å². The molecule has 2 rings (SSSR count). The predicted molar refractivity (Wildman–Crippen MR) is 62.2 cm³/mol. The predicted octanol–water partition coefficient (Wildman–Crippen LogP) is 4.42. The SMILES string of the molecule is CC1=C(C)C2(C)CC1(C)C(C)C2(C)C. The molecule has 2 bridgehead atoms. The van der Waals surface area contributed by atoms with Crippen molar-refractivity contribution in [1.82, 2.24) is 0 Å². The maximum atomic E-state index is 2.47. The van der Waals surface area contributed by atoms with Gasteiger partial charge in [-0.05, 0) is 42.4 Å². The van der Waals surface area contributed by atoms with E-state index in [0.717, 1.165) is 5.92 Å². The van der Waals surface area contributed by atoms with Crippen LogP contribution in [0.4, 0.5) is 0 Å². The van der Waals surface area contributed by atoms with E-state index >= 15 is 0 Å². The second-order valence-electron chi connectivity index (χ2n) is 6.62. The summed E-state index contributed by atoms with van der Waals surface area (Å²) in [4.78, 5) is 0. The monoisotopic (exact) mass is 192 g/mol. The standard InChI is InChI=1S/C14H24/c1-9-10(2)14(7)8-13(9,6)11(3)12(14,4)5/h11H,8H2,1-7H3. The van der Waals surface area contributed by atoms with Crippen molar-refractivity contribution in [3.63, 3.8) is 0 Å². The smallest absolute Gasteiger partial charge is 0.00540 e. The van der Waals surface area contributed by atoms with Crippen molar-refractivity contribution in [2.24, 2.45) is 22.2 Å². The molecule has 1 fully saturated rings. The van der Waals surface area contributed by atoms with Crippen molar-refractivity contribution < 1.29 is 0 Å². The van der Waals surface area contributed by atoms with Crippen LogP contribution in [0.25, 0.3) is 0 Å². The molecule has 14 heavy (non-hydrogen) atoms. The second kappa shape index (κ2) is 2.28. The van der Waals surface area contributed by atoms with Crippen LogP contribution in [-0.4, -0.2) is 0 Å². The van der Waals surface area contributed by atoms with E-state index in [-0.39, 0.29) is 0 Å². The van der Waals surface area contributed by atoms with Crippen LogP contribution in [0.1, 0.15) is 54.9 Å². The molecule has 0 spiro atoms. The molecule has 80 valence electrons. The van der Waals surface area contributed by atoms with Crippen LogP contribution >= 0.6 is 0 Å². The lowest BCUT2D eigenvalue weighted by atomic mass is 9.58. The minimum Gasteiger partial charge on any atom is -0.0676 e. The van der Waals surface area contributed by atoms with Crippen molar-refractivity contribution in [2.75, 3.05) is 0 Å². The second-order valence-corrected chi connectivity index (χ2v) is 6.62. The number of rotatable bonds is 0. The zero-order chi connectivity index (χ0) is 10.9. The molecule has 0 nitrogen and oxygen atoms in total. The number of hydrogen-bond acceptors (Lipinski definition) is 0. The van der Waals surface area contributed by atoms with Gasteiger partial charge in [-0.3, -0.25) is 0 Å². The molecule has 0 aromatic heterocycles. The Morgan fingerprint density at radius 2 is 1.50 bits per heavy atom. The van der Waals surface area contributed by atoms with Gasteiger partial charge in [-0.25, -0.2) is 0 Å². The number of fused-ring (bicyclic) bond motifs is 2. The quantitative estimate of drug-likeness (QED) is 0.499. The molecule has 0 saturated heterocycles. The summed E-state index contributed by atoms with van der Waals surface area (Å²) in [7, 11) is 0. The van der Waals surface area contributed by atoms with E-state index in [1.54, 1.807) is 11.1 Å². The van der Waals surface area contributed by atoms with Crippen molar-refractivity contribution in [2.45, 2.75) is 54.9 Å².